The minimum Gasteiger partial charge on any atom is -0.493 e. The van der Waals surface area contributed by atoms with Crippen LogP contribution in [0.5, 0.6) is 11.5 Å². The Kier molecular flexibility index (Phi) is 7.26. The van der Waals surface area contributed by atoms with Gasteiger partial charge < -0.3 is 14.8 Å². The average Bonchev–Trinajstić information content (AvgIpc) is 3.02. The summed E-state index contributed by atoms with van der Waals surface area (Å²) in [5, 5.41) is 1.57. The van der Waals surface area contributed by atoms with Gasteiger partial charge in [0.15, 0.2) is 11.5 Å². The van der Waals surface area contributed by atoms with Crippen molar-refractivity contribution in [2.24, 2.45) is 0 Å². The number of amides is 3. The molecule has 1 saturated heterocycles. The van der Waals surface area contributed by atoms with Crippen molar-refractivity contribution in [3.63, 3.8) is 0 Å². The molecule has 0 aromatic heterocycles. The molecule has 0 atom stereocenters. The van der Waals surface area contributed by atoms with E-state index in [0.29, 0.717) is 41.5 Å². The second-order valence-electron chi connectivity index (χ2n) is 6.45. The zero-order valence-electron chi connectivity index (χ0n) is 16.9. The van der Waals surface area contributed by atoms with Crippen molar-refractivity contribution in [3.05, 3.63) is 71.2 Å². The number of hydrogen-bond acceptors (Lipinski definition) is 6. The second-order valence-corrected chi connectivity index (χ2v) is 7.44. The van der Waals surface area contributed by atoms with E-state index >= 15 is 0 Å². The Hall–Kier alpha value is -3.66. The maximum absolute atomic E-state index is 13.7. The zero-order valence-corrected chi connectivity index (χ0v) is 17.7. The number of carbonyl (C=O) groups excluding carboxylic acids is 3. The van der Waals surface area contributed by atoms with Crippen LogP contribution in [0.15, 0.2) is 54.0 Å². The van der Waals surface area contributed by atoms with E-state index in [9.17, 15) is 23.2 Å². The van der Waals surface area contributed by atoms with E-state index in [4.69, 9.17) is 9.47 Å². The van der Waals surface area contributed by atoms with Crippen molar-refractivity contribution < 1.29 is 32.6 Å². The maximum atomic E-state index is 13.7. The third-order valence-electron chi connectivity index (χ3n) is 4.22. The predicted molar refractivity (Wildman–Crippen MR) is 116 cm³/mol. The van der Waals surface area contributed by atoms with Gasteiger partial charge in [0.25, 0.3) is 11.1 Å². The van der Waals surface area contributed by atoms with Crippen LogP contribution in [0.1, 0.15) is 5.56 Å². The monoisotopic (exact) mass is 460 g/mol. The van der Waals surface area contributed by atoms with E-state index < -0.39 is 35.2 Å². The Balaban J connectivity index is 1.71. The number of rotatable bonds is 8. The van der Waals surface area contributed by atoms with Crippen molar-refractivity contribution in [2.45, 2.75) is 0 Å². The lowest BCUT2D eigenvalue weighted by molar-refractivity contribution is -0.127. The van der Waals surface area contributed by atoms with Crippen LogP contribution in [-0.4, -0.2) is 42.2 Å². The highest BCUT2D eigenvalue weighted by atomic mass is 32.2. The Morgan fingerprint density at radius 1 is 1.19 bits per heavy atom. The molecular formula is C22H18F2N2O5S. The molecule has 1 fully saturated rings. The van der Waals surface area contributed by atoms with Crippen LogP contribution in [0.2, 0.25) is 0 Å². The lowest BCUT2D eigenvalue weighted by Gasteiger charge is -2.13. The third kappa shape index (κ3) is 5.33. The molecule has 3 rings (SSSR count). The number of carbonyl (C=O) groups is 3. The van der Waals surface area contributed by atoms with Crippen LogP contribution in [0.25, 0.3) is 6.08 Å². The van der Waals surface area contributed by atoms with Crippen molar-refractivity contribution >= 4 is 40.6 Å². The molecule has 0 saturated carbocycles. The lowest BCUT2D eigenvalue weighted by Crippen LogP contribution is -2.36. The Morgan fingerprint density at radius 2 is 1.97 bits per heavy atom. The number of halogens is 2. The summed E-state index contributed by atoms with van der Waals surface area (Å²) in [7, 11) is 1.47. The van der Waals surface area contributed by atoms with Gasteiger partial charge in [-0.2, -0.15) is 0 Å². The van der Waals surface area contributed by atoms with Gasteiger partial charge in [0.05, 0.1) is 17.7 Å². The molecule has 0 radical (unpaired) electrons. The van der Waals surface area contributed by atoms with Gasteiger partial charge in [-0.3, -0.25) is 19.3 Å². The van der Waals surface area contributed by atoms with Crippen LogP contribution < -0.4 is 14.8 Å². The summed E-state index contributed by atoms with van der Waals surface area (Å²) in [4.78, 5) is 37.9. The Bertz CT molecular complexity index is 1120. The number of ether oxygens (including phenoxy) is 2. The molecule has 2 aromatic rings. The largest absolute Gasteiger partial charge is 0.493 e. The van der Waals surface area contributed by atoms with Gasteiger partial charge in [-0.15, -0.1) is 0 Å². The molecule has 0 spiro atoms. The van der Waals surface area contributed by atoms with E-state index in [1.165, 1.54) is 13.2 Å². The summed E-state index contributed by atoms with van der Waals surface area (Å²) in [5.74, 6) is -2.32. The molecule has 0 bridgehead atoms. The van der Waals surface area contributed by atoms with Gasteiger partial charge in [-0.1, -0.05) is 18.7 Å². The van der Waals surface area contributed by atoms with Gasteiger partial charge in [-0.05, 0) is 47.7 Å². The molecule has 1 N–H and O–H groups in total. The number of thioether (sulfide) groups is 1. The molecule has 0 unspecified atom stereocenters. The number of nitrogens with one attached hydrogen (secondary N) is 1. The number of benzene rings is 2. The Labute approximate surface area is 186 Å². The van der Waals surface area contributed by atoms with Gasteiger partial charge in [-0.25, -0.2) is 8.78 Å². The highest BCUT2D eigenvalue weighted by molar-refractivity contribution is 8.18. The fraction of sp³-hybridized carbons (Fsp3) is 0.136. The summed E-state index contributed by atoms with van der Waals surface area (Å²) in [5.41, 5.74) is 0.320. The van der Waals surface area contributed by atoms with Crippen LogP contribution in [0, 0.1) is 11.6 Å². The molecule has 2 aromatic carbocycles. The van der Waals surface area contributed by atoms with E-state index in [1.807, 2.05) is 0 Å². The van der Waals surface area contributed by atoms with Crippen molar-refractivity contribution in [1.29, 1.82) is 0 Å². The van der Waals surface area contributed by atoms with Gasteiger partial charge >= 0.3 is 0 Å². The quantitative estimate of drug-likeness (QED) is 0.469. The number of methoxy groups -OCH3 is 1. The Morgan fingerprint density at radius 3 is 2.66 bits per heavy atom. The number of anilines is 1. The summed E-state index contributed by atoms with van der Waals surface area (Å²) >= 11 is 0.671. The van der Waals surface area contributed by atoms with Gasteiger partial charge in [0, 0.05) is 6.07 Å². The molecule has 1 aliphatic heterocycles. The molecule has 32 heavy (non-hydrogen) atoms. The number of hydrogen-bond donors (Lipinski definition) is 1. The van der Waals surface area contributed by atoms with Crippen LogP contribution in [0.4, 0.5) is 19.3 Å². The topological polar surface area (TPSA) is 84.9 Å². The highest BCUT2D eigenvalue weighted by Gasteiger charge is 2.36. The fourth-order valence-corrected chi connectivity index (χ4v) is 3.59. The van der Waals surface area contributed by atoms with Crippen LogP contribution >= 0.6 is 11.8 Å². The van der Waals surface area contributed by atoms with E-state index in [2.05, 4.69) is 11.9 Å². The van der Waals surface area contributed by atoms with Crippen molar-refractivity contribution in [3.8, 4) is 11.5 Å². The number of nitrogens with zero attached hydrogens (tertiary/aromatic N) is 1. The SMILES string of the molecule is C=CCOc1ccc(C=C2SC(=O)N(CC(=O)Nc3ccc(F)cc3F)C2=O)cc1OC. The standard InChI is InChI=1S/C22H18F2N2O5S/c1-3-8-31-17-7-4-13(9-18(17)30-2)10-19-21(28)26(22(29)32-19)12-20(27)25-16-6-5-14(23)11-15(16)24/h3-7,9-11H,1,8,12H2,2H3,(H,25,27). The first-order valence-electron chi connectivity index (χ1n) is 9.24. The second kappa shape index (κ2) is 10.1. The summed E-state index contributed by atoms with van der Waals surface area (Å²) in [6.07, 6.45) is 3.08. The van der Waals surface area contributed by atoms with E-state index in [-0.39, 0.29) is 10.6 Å². The third-order valence-corrected chi connectivity index (χ3v) is 5.13. The minimum atomic E-state index is -0.971. The first-order valence-corrected chi connectivity index (χ1v) is 10.1. The molecule has 1 heterocycles. The highest BCUT2D eigenvalue weighted by Crippen LogP contribution is 2.34. The summed E-state index contributed by atoms with van der Waals surface area (Å²) < 4.78 is 37.4. The van der Waals surface area contributed by atoms with Crippen molar-refractivity contribution in [1.82, 2.24) is 4.90 Å². The van der Waals surface area contributed by atoms with Gasteiger partial charge in [0.2, 0.25) is 5.91 Å². The molecule has 0 aliphatic carbocycles. The molecular weight excluding hydrogens is 442 g/mol. The van der Waals surface area contributed by atoms with Gasteiger partial charge in [0.1, 0.15) is 24.8 Å². The van der Waals surface area contributed by atoms with E-state index in [0.717, 1.165) is 17.0 Å². The molecule has 10 heteroatoms. The smallest absolute Gasteiger partial charge is 0.294 e. The summed E-state index contributed by atoms with van der Waals surface area (Å²) in [6.45, 7) is 3.25. The van der Waals surface area contributed by atoms with E-state index in [1.54, 1.807) is 24.3 Å². The lowest BCUT2D eigenvalue weighted by atomic mass is 10.2. The first-order chi connectivity index (χ1) is 15.3. The molecule has 3 amide bonds. The molecule has 1 aliphatic rings. The maximum Gasteiger partial charge on any atom is 0.294 e. The first kappa shape index (κ1) is 23.0. The van der Waals surface area contributed by atoms with Crippen LogP contribution in [0.3, 0.4) is 0 Å². The minimum absolute atomic E-state index is 0.109. The predicted octanol–water partition coefficient (Wildman–Crippen LogP) is 4.21. The fourth-order valence-electron chi connectivity index (χ4n) is 2.75. The number of imide groups is 1. The normalized spacial score (nSPS) is 14.6. The zero-order chi connectivity index (χ0) is 23.3. The average molecular weight is 460 g/mol. The summed E-state index contributed by atoms with van der Waals surface area (Å²) in [6, 6.07) is 7.61. The molecule has 7 nitrogen and oxygen atoms in total. The van der Waals surface area contributed by atoms with Crippen molar-refractivity contribution in [2.75, 3.05) is 25.6 Å². The molecule has 166 valence electrons. The van der Waals surface area contributed by atoms with Crippen LogP contribution in [-0.2, 0) is 9.59 Å².